The Morgan fingerprint density at radius 3 is 1.13 bits per heavy atom. The fourth-order valence-corrected chi connectivity index (χ4v) is 11.3. The molecule has 0 aromatic carbocycles. The van der Waals surface area contributed by atoms with E-state index in [1.807, 2.05) is 33.3 Å². The number of ether oxygens (including phenoxy) is 1. The summed E-state index contributed by atoms with van der Waals surface area (Å²) in [6, 6.07) is -0.887. The Morgan fingerprint density at radius 2 is 0.744 bits per heavy atom. The number of likely N-dealkylation sites (N-methyl/N-ethyl adjacent to an activating group) is 1. The molecule has 0 rings (SSSR count). The van der Waals surface area contributed by atoms with Gasteiger partial charge >= 0.3 is 5.97 Å². The molecule has 0 spiro atoms. The predicted molar refractivity (Wildman–Crippen MR) is 353 cm³/mol. The van der Waals surface area contributed by atoms with Crippen molar-refractivity contribution in [3.05, 3.63) is 48.6 Å². The number of amides is 1. The lowest BCUT2D eigenvalue weighted by Crippen LogP contribution is -2.47. The lowest BCUT2D eigenvalue weighted by atomic mass is 10.0. The first kappa shape index (κ1) is 80.0. The van der Waals surface area contributed by atoms with E-state index in [4.69, 9.17) is 13.8 Å². The standard InChI is InChI=1S/C72H137N2O7P/c1-7-10-13-16-19-22-25-28-30-32-34-35-36-37-38-39-41-42-44-46-49-52-55-58-61-64-71(75)73-69(68-80-82(77,78)79-67-66-74(4,5)6)70(63-60-57-54-51-48-27-24-21-18-15-12-9-3)81-72(76)65-62-59-56-53-50-47-45-43-40-33-31-29-26-23-20-17-14-11-8-2/h19,22,28,30,34-35,60,63,69-70H,7-18,20-21,23-27,29,31-33,36-59,61-62,64-68H2,1-6H3,(H-,73,75,77,78)/b22-19-,30-28-,35-34-,63-60-. The average Bonchev–Trinajstić information content (AvgIpc) is 3.44. The fourth-order valence-electron chi connectivity index (χ4n) is 10.5. The third-order valence-electron chi connectivity index (χ3n) is 16.0. The summed E-state index contributed by atoms with van der Waals surface area (Å²) in [5.74, 6) is -0.526. The molecule has 9 nitrogen and oxygen atoms in total. The number of hydrogen-bond donors (Lipinski definition) is 1. The van der Waals surface area contributed by atoms with Crippen molar-refractivity contribution in [1.29, 1.82) is 0 Å². The number of allylic oxidation sites excluding steroid dienone is 7. The summed E-state index contributed by atoms with van der Waals surface area (Å²) in [4.78, 5) is 40.2. The predicted octanol–water partition coefficient (Wildman–Crippen LogP) is 21.8. The van der Waals surface area contributed by atoms with E-state index in [0.717, 1.165) is 70.6 Å². The minimum atomic E-state index is -4.70. The van der Waals surface area contributed by atoms with Crippen LogP contribution in [-0.2, 0) is 27.9 Å². The largest absolute Gasteiger partial charge is 0.756 e. The number of phosphoric ester groups is 1. The molecule has 482 valence electrons. The molecular formula is C72H137N2O7P. The Morgan fingerprint density at radius 1 is 0.427 bits per heavy atom. The van der Waals surface area contributed by atoms with E-state index in [9.17, 15) is 19.0 Å². The molecular weight excluding hydrogens is 1040 g/mol. The molecule has 0 fully saturated rings. The quantitative estimate of drug-likeness (QED) is 0.0212. The van der Waals surface area contributed by atoms with Gasteiger partial charge in [-0.1, -0.05) is 314 Å². The summed E-state index contributed by atoms with van der Waals surface area (Å²) in [5, 5.41) is 3.05. The van der Waals surface area contributed by atoms with Crippen LogP contribution in [0, 0.1) is 0 Å². The van der Waals surface area contributed by atoms with E-state index in [1.54, 1.807) is 0 Å². The number of quaternary nitrogens is 1. The third-order valence-corrected chi connectivity index (χ3v) is 17.0. The molecule has 10 heteroatoms. The number of hydrogen-bond acceptors (Lipinski definition) is 7. The first-order valence-electron chi connectivity index (χ1n) is 35.4. The van der Waals surface area contributed by atoms with Gasteiger partial charge in [-0.05, 0) is 70.3 Å². The van der Waals surface area contributed by atoms with E-state index in [2.05, 4.69) is 62.5 Å². The normalized spacial score (nSPS) is 13.8. The Bertz CT molecular complexity index is 1540. The minimum Gasteiger partial charge on any atom is -0.756 e. The number of esters is 1. The topological polar surface area (TPSA) is 114 Å². The Labute approximate surface area is 509 Å². The van der Waals surface area contributed by atoms with Crippen molar-refractivity contribution in [1.82, 2.24) is 5.32 Å². The van der Waals surface area contributed by atoms with Crippen molar-refractivity contribution < 1.29 is 37.3 Å². The first-order valence-corrected chi connectivity index (χ1v) is 36.9. The number of rotatable bonds is 65. The van der Waals surface area contributed by atoms with Gasteiger partial charge in [-0.25, -0.2) is 0 Å². The highest BCUT2D eigenvalue weighted by Gasteiger charge is 2.27. The van der Waals surface area contributed by atoms with Crippen molar-refractivity contribution in [2.75, 3.05) is 40.9 Å². The molecule has 0 saturated carbocycles. The molecule has 0 aliphatic heterocycles. The van der Waals surface area contributed by atoms with Crippen molar-refractivity contribution in [2.45, 2.75) is 360 Å². The monoisotopic (exact) mass is 1170 g/mol. The van der Waals surface area contributed by atoms with E-state index in [0.29, 0.717) is 17.4 Å². The summed E-state index contributed by atoms with van der Waals surface area (Å²) in [5.41, 5.74) is 0. The van der Waals surface area contributed by atoms with Crippen LogP contribution < -0.4 is 10.2 Å². The van der Waals surface area contributed by atoms with Crippen molar-refractivity contribution in [3.8, 4) is 0 Å². The van der Waals surface area contributed by atoms with Gasteiger partial charge < -0.3 is 28.5 Å². The minimum absolute atomic E-state index is 0.0208. The van der Waals surface area contributed by atoms with Gasteiger partial charge in [0.1, 0.15) is 19.3 Å². The number of nitrogens with zero attached hydrogens (tertiary/aromatic N) is 1. The molecule has 0 radical (unpaired) electrons. The highest BCUT2D eigenvalue weighted by atomic mass is 31.2. The Kier molecular flexibility index (Phi) is 60.5. The van der Waals surface area contributed by atoms with Crippen LogP contribution in [-0.4, -0.2) is 69.4 Å². The highest BCUT2D eigenvalue weighted by Crippen LogP contribution is 2.38. The van der Waals surface area contributed by atoms with Crippen LogP contribution >= 0.6 is 7.82 Å². The van der Waals surface area contributed by atoms with Gasteiger partial charge in [-0.2, -0.15) is 0 Å². The third kappa shape index (κ3) is 62.5. The zero-order valence-corrected chi connectivity index (χ0v) is 56.1. The second kappa shape index (κ2) is 62.0. The van der Waals surface area contributed by atoms with Crippen molar-refractivity contribution in [3.63, 3.8) is 0 Å². The lowest BCUT2D eigenvalue weighted by molar-refractivity contribution is -0.870. The van der Waals surface area contributed by atoms with E-state index in [1.165, 1.54) is 244 Å². The molecule has 0 aliphatic carbocycles. The molecule has 0 aromatic rings. The molecule has 0 heterocycles. The molecule has 0 bridgehead atoms. The second-order valence-electron chi connectivity index (χ2n) is 25.4. The van der Waals surface area contributed by atoms with Gasteiger partial charge in [0.15, 0.2) is 0 Å². The first-order chi connectivity index (χ1) is 39.9. The van der Waals surface area contributed by atoms with Crippen LogP contribution in [0.2, 0.25) is 0 Å². The Hall–Kier alpha value is -2.03. The van der Waals surface area contributed by atoms with Crippen LogP contribution in [0.5, 0.6) is 0 Å². The number of phosphoric acid groups is 1. The van der Waals surface area contributed by atoms with Crippen LogP contribution in [0.1, 0.15) is 348 Å². The number of carbonyl (C=O) groups is 2. The van der Waals surface area contributed by atoms with Gasteiger partial charge in [0.2, 0.25) is 5.91 Å². The van der Waals surface area contributed by atoms with Crippen LogP contribution in [0.25, 0.3) is 0 Å². The molecule has 1 N–H and O–H groups in total. The fraction of sp³-hybridized carbons (Fsp3) is 0.861. The Balaban J connectivity index is 5.05. The molecule has 3 atom stereocenters. The van der Waals surface area contributed by atoms with E-state index in [-0.39, 0.29) is 31.5 Å². The zero-order valence-electron chi connectivity index (χ0n) is 55.2. The smallest absolute Gasteiger partial charge is 0.306 e. The molecule has 0 aromatic heterocycles. The summed E-state index contributed by atoms with van der Waals surface area (Å²) in [7, 11) is 1.20. The number of unbranched alkanes of at least 4 members (excludes halogenated alkanes) is 43. The van der Waals surface area contributed by atoms with Crippen LogP contribution in [0.3, 0.4) is 0 Å². The SMILES string of the molecule is CCCCC/C=C\C/C=C\C/C=C\CCCCCCCCCCCCCCC(=O)NC(COP(=O)([O-])OCC[N+](C)(C)C)C(/C=C\CCCCCCCCCCCC)OC(=O)CCCCCCCCCCCCCCCCCCCCC. The lowest BCUT2D eigenvalue weighted by Gasteiger charge is -2.30. The van der Waals surface area contributed by atoms with Gasteiger partial charge in [0.25, 0.3) is 7.82 Å². The summed E-state index contributed by atoms with van der Waals surface area (Å²) in [6.07, 6.45) is 78.0. The van der Waals surface area contributed by atoms with E-state index < -0.39 is 20.0 Å². The van der Waals surface area contributed by atoms with Gasteiger partial charge in [0.05, 0.1) is 33.8 Å². The van der Waals surface area contributed by atoms with Crippen molar-refractivity contribution >= 4 is 19.7 Å². The molecule has 1 amide bonds. The molecule has 0 aliphatic rings. The van der Waals surface area contributed by atoms with Gasteiger partial charge in [-0.15, -0.1) is 0 Å². The number of nitrogens with one attached hydrogen (secondary N) is 1. The van der Waals surface area contributed by atoms with E-state index >= 15 is 0 Å². The zero-order chi connectivity index (χ0) is 60.0. The average molecular weight is 1170 g/mol. The summed E-state index contributed by atoms with van der Waals surface area (Å²) < 4.78 is 30.4. The van der Waals surface area contributed by atoms with Gasteiger partial charge in [-0.3, -0.25) is 14.2 Å². The maximum absolute atomic E-state index is 13.6. The number of carbonyl (C=O) groups excluding carboxylic acids is 2. The summed E-state index contributed by atoms with van der Waals surface area (Å²) >= 11 is 0. The molecule has 3 unspecified atom stereocenters. The summed E-state index contributed by atoms with van der Waals surface area (Å²) in [6.45, 7) is 6.87. The maximum atomic E-state index is 13.6. The molecule has 82 heavy (non-hydrogen) atoms. The van der Waals surface area contributed by atoms with Gasteiger partial charge in [0, 0.05) is 12.8 Å². The molecule has 0 saturated heterocycles. The van der Waals surface area contributed by atoms with Crippen LogP contribution in [0.15, 0.2) is 48.6 Å². The second-order valence-corrected chi connectivity index (χ2v) is 26.8. The van der Waals surface area contributed by atoms with Crippen molar-refractivity contribution in [2.24, 2.45) is 0 Å². The maximum Gasteiger partial charge on any atom is 0.306 e. The van der Waals surface area contributed by atoms with Crippen LogP contribution in [0.4, 0.5) is 0 Å². The highest BCUT2D eigenvalue weighted by molar-refractivity contribution is 7.45.